The van der Waals surface area contributed by atoms with Crippen LogP contribution >= 0.6 is 23.1 Å². The van der Waals surface area contributed by atoms with Gasteiger partial charge < -0.3 is 14.6 Å². The number of aryl methyl sites for hydroxylation is 1. The summed E-state index contributed by atoms with van der Waals surface area (Å²) in [6.45, 7) is 8.14. The SMILES string of the molecule is C=CCn1c(Cc2ccc(OC)cc2)nnc1S[C@@H](C)C(=O)Nc1nc(C)cs1. The molecule has 1 atom stereocenters. The fourth-order valence-electron chi connectivity index (χ4n) is 2.61. The van der Waals surface area contributed by atoms with Crippen LogP contribution in [0.5, 0.6) is 5.75 Å². The van der Waals surface area contributed by atoms with E-state index in [1.54, 1.807) is 13.2 Å². The van der Waals surface area contributed by atoms with Gasteiger partial charge in [-0.25, -0.2) is 4.98 Å². The average molecular weight is 430 g/mol. The molecule has 0 unspecified atom stereocenters. The van der Waals surface area contributed by atoms with E-state index in [1.165, 1.54) is 23.1 Å². The number of thiazole rings is 1. The van der Waals surface area contributed by atoms with E-state index >= 15 is 0 Å². The quantitative estimate of drug-likeness (QED) is 0.410. The summed E-state index contributed by atoms with van der Waals surface area (Å²) in [6, 6.07) is 7.85. The summed E-state index contributed by atoms with van der Waals surface area (Å²) < 4.78 is 7.19. The highest BCUT2D eigenvalue weighted by Gasteiger charge is 2.21. The standard InChI is InChI=1S/C20H23N5O2S2/c1-5-10-25-17(11-15-6-8-16(27-4)9-7-15)23-24-20(25)29-14(3)18(26)22-19-21-13(2)12-28-19/h5-9,12,14H,1,10-11H2,2-4H3,(H,21,22,26)/t14-/m0/s1. The Morgan fingerprint density at radius 2 is 2.14 bits per heavy atom. The van der Waals surface area contributed by atoms with E-state index in [4.69, 9.17) is 4.74 Å². The number of benzene rings is 1. The second-order valence-corrected chi connectivity index (χ2v) is 8.53. The Morgan fingerprint density at radius 3 is 2.76 bits per heavy atom. The molecule has 1 amide bonds. The van der Waals surface area contributed by atoms with Gasteiger partial charge in [0.1, 0.15) is 11.6 Å². The van der Waals surface area contributed by atoms with E-state index in [-0.39, 0.29) is 11.2 Å². The molecule has 0 aliphatic heterocycles. The molecule has 3 aromatic rings. The molecule has 3 rings (SSSR count). The van der Waals surface area contributed by atoms with Gasteiger partial charge in [0.05, 0.1) is 18.1 Å². The Labute approximate surface area is 178 Å². The number of anilines is 1. The molecule has 0 aliphatic rings. The Morgan fingerprint density at radius 1 is 1.38 bits per heavy atom. The lowest BCUT2D eigenvalue weighted by Crippen LogP contribution is -2.23. The van der Waals surface area contributed by atoms with E-state index in [9.17, 15) is 4.79 Å². The van der Waals surface area contributed by atoms with Crippen molar-refractivity contribution in [3.63, 3.8) is 0 Å². The Hall–Kier alpha value is -2.65. The van der Waals surface area contributed by atoms with Crippen LogP contribution in [-0.2, 0) is 17.8 Å². The van der Waals surface area contributed by atoms with Crippen molar-refractivity contribution in [2.75, 3.05) is 12.4 Å². The number of ether oxygens (including phenoxy) is 1. The maximum atomic E-state index is 12.5. The van der Waals surface area contributed by atoms with Crippen LogP contribution in [0.2, 0.25) is 0 Å². The molecule has 29 heavy (non-hydrogen) atoms. The third-order valence-electron chi connectivity index (χ3n) is 4.13. The molecule has 0 saturated carbocycles. The lowest BCUT2D eigenvalue weighted by atomic mass is 10.1. The number of hydrogen-bond acceptors (Lipinski definition) is 7. The summed E-state index contributed by atoms with van der Waals surface area (Å²) >= 11 is 2.78. The number of nitrogens with one attached hydrogen (secondary N) is 1. The summed E-state index contributed by atoms with van der Waals surface area (Å²) in [6.07, 6.45) is 2.43. The van der Waals surface area contributed by atoms with Gasteiger partial charge in [-0.2, -0.15) is 0 Å². The number of thioether (sulfide) groups is 1. The molecule has 1 N–H and O–H groups in total. The van der Waals surface area contributed by atoms with Crippen molar-refractivity contribution < 1.29 is 9.53 Å². The van der Waals surface area contributed by atoms with Gasteiger partial charge in [0.25, 0.3) is 0 Å². The third kappa shape index (κ3) is 5.45. The van der Waals surface area contributed by atoms with Crippen molar-refractivity contribution in [2.45, 2.75) is 37.2 Å². The van der Waals surface area contributed by atoms with Gasteiger partial charge in [0.15, 0.2) is 10.3 Å². The van der Waals surface area contributed by atoms with Crippen LogP contribution < -0.4 is 10.1 Å². The van der Waals surface area contributed by atoms with E-state index in [0.717, 1.165) is 22.8 Å². The van der Waals surface area contributed by atoms with Crippen LogP contribution in [0, 0.1) is 6.92 Å². The predicted octanol–water partition coefficient (Wildman–Crippen LogP) is 3.95. The zero-order valence-electron chi connectivity index (χ0n) is 16.6. The minimum absolute atomic E-state index is 0.116. The van der Waals surface area contributed by atoms with E-state index in [2.05, 4.69) is 27.1 Å². The number of carbonyl (C=O) groups excluding carboxylic acids is 1. The summed E-state index contributed by atoms with van der Waals surface area (Å²) in [4.78, 5) is 16.8. The molecule has 2 aromatic heterocycles. The highest BCUT2D eigenvalue weighted by atomic mass is 32.2. The largest absolute Gasteiger partial charge is 0.497 e. The lowest BCUT2D eigenvalue weighted by molar-refractivity contribution is -0.115. The molecule has 0 radical (unpaired) electrons. The number of aromatic nitrogens is 4. The van der Waals surface area contributed by atoms with Gasteiger partial charge in [-0.3, -0.25) is 4.79 Å². The third-order valence-corrected chi connectivity index (χ3v) is 6.08. The van der Waals surface area contributed by atoms with Gasteiger partial charge in [-0.15, -0.1) is 28.1 Å². The van der Waals surface area contributed by atoms with Gasteiger partial charge in [-0.1, -0.05) is 30.0 Å². The second kappa shape index (κ2) is 9.71. The van der Waals surface area contributed by atoms with Crippen LogP contribution in [0.3, 0.4) is 0 Å². The van der Waals surface area contributed by atoms with Crippen molar-refractivity contribution in [1.82, 2.24) is 19.7 Å². The molecular formula is C20H23N5O2S2. The first-order valence-electron chi connectivity index (χ1n) is 9.05. The van der Waals surface area contributed by atoms with Gasteiger partial charge in [0.2, 0.25) is 5.91 Å². The van der Waals surface area contributed by atoms with Gasteiger partial charge in [0, 0.05) is 18.3 Å². The minimum Gasteiger partial charge on any atom is -0.497 e. The van der Waals surface area contributed by atoms with Crippen molar-refractivity contribution in [2.24, 2.45) is 0 Å². The number of amides is 1. The first kappa shape index (κ1) is 21.1. The molecule has 1 aromatic carbocycles. The van der Waals surface area contributed by atoms with Gasteiger partial charge >= 0.3 is 0 Å². The zero-order valence-corrected chi connectivity index (χ0v) is 18.2. The maximum Gasteiger partial charge on any atom is 0.239 e. The average Bonchev–Trinajstić information content (AvgIpc) is 3.29. The number of methoxy groups -OCH3 is 1. The normalized spacial score (nSPS) is 11.8. The van der Waals surface area contributed by atoms with Crippen molar-refractivity contribution >= 4 is 34.1 Å². The van der Waals surface area contributed by atoms with Crippen molar-refractivity contribution in [1.29, 1.82) is 0 Å². The van der Waals surface area contributed by atoms with Crippen LogP contribution in [-0.4, -0.2) is 38.0 Å². The molecule has 2 heterocycles. The fourth-order valence-corrected chi connectivity index (χ4v) is 4.17. The fraction of sp³-hybridized carbons (Fsp3) is 0.300. The number of allylic oxidation sites excluding steroid dienone is 1. The molecule has 0 spiro atoms. The van der Waals surface area contributed by atoms with E-state index < -0.39 is 0 Å². The highest BCUT2D eigenvalue weighted by molar-refractivity contribution is 8.00. The lowest BCUT2D eigenvalue weighted by Gasteiger charge is -2.12. The topological polar surface area (TPSA) is 81.9 Å². The van der Waals surface area contributed by atoms with Crippen molar-refractivity contribution in [3.8, 4) is 5.75 Å². The molecule has 152 valence electrons. The van der Waals surface area contributed by atoms with Crippen molar-refractivity contribution in [3.05, 3.63) is 59.4 Å². The zero-order chi connectivity index (χ0) is 20.8. The smallest absolute Gasteiger partial charge is 0.239 e. The summed E-state index contributed by atoms with van der Waals surface area (Å²) in [5.74, 6) is 1.52. The number of rotatable bonds is 9. The van der Waals surface area contributed by atoms with Crippen LogP contribution in [0.4, 0.5) is 5.13 Å². The minimum atomic E-state index is -0.346. The summed E-state index contributed by atoms with van der Waals surface area (Å²) in [5, 5.41) is 14.3. The van der Waals surface area contributed by atoms with Crippen LogP contribution in [0.15, 0.2) is 47.5 Å². The van der Waals surface area contributed by atoms with Gasteiger partial charge in [-0.05, 0) is 31.5 Å². The van der Waals surface area contributed by atoms with E-state index in [0.29, 0.717) is 23.3 Å². The first-order valence-corrected chi connectivity index (χ1v) is 10.8. The predicted molar refractivity (Wildman–Crippen MR) is 117 cm³/mol. The second-order valence-electron chi connectivity index (χ2n) is 6.37. The Balaban J connectivity index is 1.71. The molecule has 0 saturated heterocycles. The first-order chi connectivity index (χ1) is 14.0. The monoisotopic (exact) mass is 429 g/mol. The summed E-state index contributed by atoms with van der Waals surface area (Å²) in [5.41, 5.74) is 1.99. The molecule has 9 heteroatoms. The summed E-state index contributed by atoms with van der Waals surface area (Å²) in [7, 11) is 1.65. The molecular weight excluding hydrogens is 406 g/mol. The number of hydrogen-bond donors (Lipinski definition) is 1. The molecule has 7 nitrogen and oxygen atoms in total. The highest BCUT2D eigenvalue weighted by Crippen LogP contribution is 2.25. The van der Waals surface area contributed by atoms with E-state index in [1.807, 2.05) is 48.1 Å². The maximum absolute atomic E-state index is 12.5. The number of nitrogens with zero attached hydrogens (tertiary/aromatic N) is 4. The molecule has 0 bridgehead atoms. The molecule has 0 fully saturated rings. The van der Waals surface area contributed by atoms with Crippen LogP contribution in [0.1, 0.15) is 24.0 Å². The molecule has 0 aliphatic carbocycles. The number of carbonyl (C=O) groups is 1. The van der Waals surface area contributed by atoms with Crippen LogP contribution in [0.25, 0.3) is 0 Å². The Kier molecular flexibility index (Phi) is 7.05. The Bertz CT molecular complexity index is 981.